The highest BCUT2D eigenvalue weighted by atomic mass is 32.1. The maximum atomic E-state index is 10.3. The van der Waals surface area contributed by atoms with Gasteiger partial charge in [0.25, 0.3) is 0 Å². The minimum absolute atomic E-state index is 0.110. The van der Waals surface area contributed by atoms with E-state index in [9.17, 15) is 4.79 Å². The molecule has 0 spiro atoms. The molecule has 2 N–H and O–H groups in total. The first kappa shape index (κ1) is 9.48. The van der Waals surface area contributed by atoms with Gasteiger partial charge < -0.3 is 15.2 Å². The van der Waals surface area contributed by atoms with E-state index in [1.807, 2.05) is 11.4 Å². The van der Waals surface area contributed by atoms with Crippen molar-refractivity contribution < 1.29 is 14.6 Å². The second kappa shape index (κ2) is 3.98. The molecule has 1 aromatic rings. The first-order valence-corrected chi connectivity index (χ1v) is 5.30. The molecule has 1 aliphatic rings. The molecule has 2 rings (SSSR count). The molecule has 1 aliphatic heterocycles. The van der Waals surface area contributed by atoms with Crippen molar-refractivity contribution in [3.05, 3.63) is 21.9 Å². The third-order valence-electron chi connectivity index (χ3n) is 2.21. The maximum absolute atomic E-state index is 10.3. The van der Waals surface area contributed by atoms with Gasteiger partial charge in [0, 0.05) is 11.3 Å². The lowest BCUT2D eigenvalue weighted by Crippen LogP contribution is -2.30. The third-order valence-corrected chi connectivity index (χ3v) is 3.21. The van der Waals surface area contributed by atoms with Crippen molar-refractivity contribution in [2.75, 3.05) is 13.2 Å². The second-order valence-corrected chi connectivity index (χ2v) is 4.10. The summed E-state index contributed by atoms with van der Waals surface area (Å²) in [5.41, 5.74) is 1.13. The average Bonchev–Trinajstić information content (AvgIpc) is 2.62. The fourth-order valence-electron chi connectivity index (χ4n) is 1.57. The molecule has 0 saturated heterocycles. The number of amides is 1. The summed E-state index contributed by atoms with van der Waals surface area (Å²) in [7, 11) is 0. The predicted octanol–water partition coefficient (Wildman–Crippen LogP) is 1.63. The van der Waals surface area contributed by atoms with E-state index in [2.05, 4.69) is 5.32 Å². The molecule has 4 nitrogen and oxygen atoms in total. The van der Waals surface area contributed by atoms with Crippen LogP contribution in [-0.4, -0.2) is 24.4 Å². The van der Waals surface area contributed by atoms with Gasteiger partial charge in [-0.25, -0.2) is 4.79 Å². The summed E-state index contributed by atoms with van der Waals surface area (Å²) in [6, 6.07) is 2.01. The van der Waals surface area contributed by atoms with Crippen LogP contribution in [0, 0.1) is 0 Å². The van der Waals surface area contributed by atoms with Crippen molar-refractivity contribution in [2.45, 2.75) is 12.5 Å². The summed E-state index contributed by atoms with van der Waals surface area (Å²) in [6.45, 7) is 1.01. The molecule has 0 bridgehead atoms. The summed E-state index contributed by atoms with van der Waals surface area (Å²) >= 11 is 1.71. The van der Waals surface area contributed by atoms with Gasteiger partial charge in [0.2, 0.25) is 0 Å². The highest BCUT2D eigenvalue weighted by Gasteiger charge is 2.21. The highest BCUT2D eigenvalue weighted by Crippen LogP contribution is 2.30. The molecule has 0 aliphatic carbocycles. The van der Waals surface area contributed by atoms with E-state index >= 15 is 0 Å². The Labute approximate surface area is 85.5 Å². The van der Waals surface area contributed by atoms with Crippen LogP contribution < -0.4 is 5.32 Å². The number of hydrogen-bond donors (Lipinski definition) is 2. The molecule has 0 radical (unpaired) electrons. The SMILES string of the molecule is O=C(O)NCC1OCCc2sccc21. The lowest BCUT2D eigenvalue weighted by Gasteiger charge is -2.22. The van der Waals surface area contributed by atoms with Crippen LogP contribution in [0.2, 0.25) is 0 Å². The molecule has 1 unspecified atom stereocenters. The summed E-state index contributed by atoms with van der Waals surface area (Å²) in [6.07, 6.45) is -0.173. The van der Waals surface area contributed by atoms with Gasteiger partial charge in [0.05, 0.1) is 13.2 Å². The van der Waals surface area contributed by atoms with Crippen LogP contribution in [-0.2, 0) is 11.2 Å². The van der Waals surface area contributed by atoms with Crippen LogP contribution in [0.3, 0.4) is 0 Å². The molecular weight excluding hydrogens is 202 g/mol. The number of thiophene rings is 1. The fourth-order valence-corrected chi connectivity index (χ4v) is 2.49. The number of carbonyl (C=O) groups is 1. The van der Waals surface area contributed by atoms with Gasteiger partial charge in [-0.3, -0.25) is 0 Å². The van der Waals surface area contributed by atoms with Crippen LogP contribution in [0.25, 0.3) is 0 Å². The number of ether oxygens (including phenoxy) is 1. The van der Waals surface area contributed by atoms with Crippen molar-refractivity contribution in [3.63, 3.8) is 0 Å². The summed E-state index contributed by atoms with van der Waals surface area (Å²) < 4.78 is 5.49. The zero-order valence-corrected chi connectivity index (χ0v) is 8.34. The van der Waals surface area contributed by atoms with E-state index in [0.717, 1.165) is 12.0 Å². The molecule has 1 aromatic heterocycles. The number of rotatable bonds is 2. The van der Waals surface area contributed by atoms with Crippen LogP contribution in [0.1, 0.15) is 16.5 Å². The minimum atomic E-state index is -1.00. The maximum Gasteiger partial charge on any atom is 0.404 e. The van der Waals surface area contributed by atoms with Gasteiger partial charge in [-0.1, -0.05) is 0 Å². The van der Waals surface area contributed by atoms with Crippen LogP contribution >= 0.6 is 11.3 Å². The van der Waals surface area contributed by atoms with Gasteiger partial charge in [-0.15, -0.1) is 11.3 Å². The molecule has 5 heteroatoms. The Morgan fingerprint density at radius 1 is 1.79 bits per heavy atom. The van der Waals surface area contributed by atoms with E-state index < -0.39 is 6.09 Å². The van der Waals surface area contributed by atoms with E-state index in [0.29, 0.717) is 13.2 Å². The van der Waals surface area contributed by atoms with Crippen LogP contribution in [0.15, 0.2) is 11.4 Å². The lowest BCUT2D eigenvalue weighted by molar-refractivity contribution is 0.0439. The summed E-state index contributed by atoms with van der Waals surface area (Å²) in [5.74, 6) is 0. The molecule has 76 valence electrons. The molecule has 2 heterocycles. The normalized spacial score (nSPS) is 20.1. The highest BCUT2D eigenvalue weighted by molar-refractivity contribution is 7.10. The largest absolute Gasteiger partial charge is 0.465 e. The van der Waals surface area contributed by atoms with E-state index in [-0.39, 0.29) is 6.10 Å². The minimum Gasteiger partial charge on any atom is -0.465 e. The molecule has 0 fully saturated rings. The Morgan fingerprint density at radius 2 is 2.64 bits per heavy atom. The van der Waals surface area contributed by atoms with Crippen molar-refractivity contribution >= 4 is 17.4 Å². The van der Waals surface area contributed by atoms with Gasteiger partial charge in [0.1, 0.15) is 6.10 Å². The van der Waals surface area contributed by atoms with E-state index in [4.69, 9.17) is 9.84 Å². The zero-order valence-electron chi connectivity index (χ0n) is 7.53. The number of fused-ring (bicyclic) bond motifs is 1. The lowest BCUT2D eigenvalue weighted by atomic mass is 10.1. The molecular formula is C9H11NO3S. The average molecular weight is 213 g/mol. The van der Waals surface area contributed by atoms with Crippen molar-refractivity contribution in [3.8, 4) is 0 Å². The number of hydrogen-bond acceptors (Lipinski definition) is 3. The Morgan fingerprint density at radius 3 is 3.43 bits per heavy atom. The quantitative estimate of drug-likeness (QED) is 0.785. The van der Waals surface area contributed by atoms with E-state index in [1.165, 1.54) is 4.88 Å². The van der Waals surface area contributed by atoms with Gasteiger partial charge in [0.15, 0.2) is 0 Å². The third kappa shape index (κ3) is 1.88. The van der Waals surface area contributed by atoms with Crippen LogP contribution in [0.5, 0.6) is 0 Å². The topological polar surface area (TPSA) is 58.6 Å². The van der Waals surface area contributed by atoms with Crippen molar-refractivity contribution in [1.29, 1.82) is 0 Å². The van der Waals surface area contributed by atoms with Gasteiger partial charge in [-0.05, 0) is 17.0 Å². The molecule has 0 saturated carbocycles. The summed E-state index contributed by atoms with van der Waals surface area (Å²) in [5, 5.41) is 12.8. The first-order valence-electron chi connectivity index (χ1n) is 4.42. The Bertz CT molecular complexity index is 337. The molecule has 0 aromatic carbocycles. The Hall–Kier alpha value is -1.07. The smallest absolute Gasteiger partial charge is 0.404 e. The van der Waals surface area contributed by atoms with Gasteiger partial charge in [-0.2, -0.15) is 0 Å². The molecule has 1 amide bonds. The molecule has 1 atom stereocenters. The monoisotopic (exact) mass is 213 g/mol. The number of carboxylic acid groups (broad SMARTS) is 1. The van der Waals surface area contributed by atoms with Crippen molar-refractivity contribution in [1.82, 2.24) is 5.32 Å². The standard InChI is InChI=1S/C9H11NO3S/c11-9(12)10-5-7-6-2-4-14-8(6)1-3-13-7/h2,4,7,10H,1,3,5H2,(H,11,12). The first-order chi connectivity index (χ1) is 6.77. The van der Waals surface area contributed by atoms with Gasteiger partial charge >= 0.3 is 6.09 Å². The predicted molar refractivity (Wildman–Crippen MR) is 52.7 cm³/mol. The summed E-state index contributed by atoms with van der Waals surface area (Å²) in [4.78, 5) is 11.6. The molecule has 14 heavy (non-hydrogen) atoms. The fraction of sp³-hybridized carbons (Fsp3) is 0.444. The Balaban J connectivity index is 2.05. The zero-order chi connectivity index (χ0) is 9.97. The van der Waals surface area contributed by atoms with Crippen LogP contribution in [0.4, 0.5) is 4.79 Å². The van der Waals surface area contributed by atoms with E-state index in [1.54, 1.807) is 11.3 Å². The number of nitrogens with one attached hydrogen (secondary N) is 1. The Kier molecular flexibility index (Phi) is 2.69. The second-order valence-electron chi connectivity index (χ2n) is 3.09. The van der Waals surface area contributed by atoms with Crippen molar-refractivity contribution in [2.24, 2.45) is 0 Å².